The van der Waals surface area contributed by atoms with Gasteiger partial charge >= 0.3 is 5.69 Å². The van der Waals surface area contributed by atoms with Gasteiger partial charge in [0, 0.05) is 32.9 Å². The molecule has 0 atom stereocenters. The number of piperidine rings is 1. The minimum absolute atomic E-state index is 0.00991. The van der Waals surface area contributed by atoms with Crippen LogP contribution >= 0.6 is 0 Å². The number of nitrogens with zero attached hydrogens (tertiary/aromatic N) is 4. The van der Waals surface area contributed by atoms with Crippen molar-refractivity contribution in [1.29, 1.82) is 0 Å². The number of hydrogen-bond donors (Lipinski definition) is 0. The number of amides is 1. The molecule has 1 fully saturated rings. The lowest BCUT2D eigenvalue weighted by atomic mass is 9.96. The lowest BCUT2D eigenvalue weighted by molar-refractivity contribution is -0.134. The lowest BCUT2D eigenvalue weighted by Gasteiger charge is -2.32. The van der Waals surface area contributed by atoms with Gasteiger partial charge in [0.15, 0.2) is 12.3 Å². The van der Waals surface area contributed by atoms with E-state index in [1.54, 1.807) is 22.4 Å². The number of carbonyl (C=O) groups is 1. The zero-order valence-corrected chi connectivity index (χ0v) is 16.9. The van der Waals surface area contributed by atoms with E-state index in [9.17, 15) is 9.59 Å². The van der Waals surface area contributed by atoms with Gasteiger partial charge in [-0.05, 0) is 49.4 Å². The summed E-state index contributed by atoms with van der Waals surface area (Å²) in [5, 5.41) is 0. The Hall–Kier alpha value is -3.09. The lowest BCUT2D eigenvalue weighted by Crippen LogP contribution is -2.42. The van der Waals surface area contributed by atoms with E-state index in [-0.39, 0.29) is 18.2 Å². The molecule has 0 N–H and O–H groups in total. The zero-order valence-electron chi connectivity index (χ0n) is 16.9. The van der Waals surface area contributed by atoms with E-state index in [1.807, 2.05) is 48.2 Å². The van der Waals surface area contributed by atoms with E-state index in [2.05, 4.69) is 4.98 Å². The maximum Gasteiger partial charge on any atom is 0.330 e. The normalized spacial score (nSPS) is 15.0. The first-order valence-corrected chi connectivity index (χ1v) is 10.0. The SMILES string of the molecule is Cc1ccccc1OCC(=O)N1CCC(Cn2c(=O)n(C)c3cccnc32)CC1. The Morgan fingerprint density at radius 3 is 2.69 bits per heavy atom. The summed E-state index contributed by atoms with van der Waals surface area (Å²) in [6, 6.07) is 11.5. The predicted molar refractivity (Wildman–Crippen MR) is 111 cm³/mol. The van der Waals surface area contributed by atoms with Crippen molar-refractivity contribution in [2.45, 2.75) is 26.3 Å². The molecule has 0 unspecified atom stereocenters. The molecular weight excluding hydrogens is 368 g/mol. The fraction of sp³-hybridized carbons (Fsp3) is 0.409. The van der Waals surface area contributed by atoms with Crippen LogP contribution in [0.4, 0.5) is 0 Å². The number of aryl methyl sites for hydroxylation is 2. The number of rotatable bonds is 5. The van der Waals surface area contributed by atoms with E-state index >= 15 is 0 Å². The summed E-state index contributed by atoms with van der Waals surface area (Å²) in [4.78, 5) is 31.4. The molecule has 152 valence electrons. The number of pyridine rings is 1. The van der Waals surface area contributed by atoms with Crippen LogP contribution in [0.5, 0.6) is 5.75 Å². The van der Waals surface area contributed by atoms with Crippen LogP contribution in [-0.4, -0.2) is 44.6 Å². The van der Waals surface area contributed by atoms with Crippen molar-refractivity contribution < 1.29 is 9.53 Å². The molecule has 3 aromatic rings. The third kappa shape index (κ3) is 3.90. The van der Waals surface area contributed by atoms with E-state index in [0.29, 0.717) is 25.6 Å². The van der Waals surface area contributed by atoms with Crippen molar-refractivity contribution in [2.24, 2.45) is 13.0 Å². The maximum atomic E-state index is 12.6. The molecule has 1 saturated heterocycles. The highest BCUT2D eigenvalue weighted by Crippen LogP contribution is 2.21. The molecule has 1 aliphatic heterocycles. The fourth-order valence-electron chi connectivity index (χ4n) is 3.97. The molecule has 4 rings (SSSR count). The van der Waals surface area contributed by atoms with Gasteiger partial charge < -0.3 is 9.64 Å². The number of para-hydroxylation sites is 1. The van der Waals surface area contributed by atoms with Crippen LogP contribution in [-0.2, 0) is 18.4 Å². The quantitative estimate of drug-likeness (QED) is 0.666. The number of hydrogen-bond acceptors (Lipinski definition) is 4. The first-order valence-electron chi connectivity index (χ1n) is 10.0. The summed E-state index contributed by atoms with van der Waals surface area (Å²) in [6.07, 6.45) is 3.45. The smallest absolute Gasteiger partial charge is 0.330 e. The second-order valence-electron chi connectivity index (χ2n) is 7.68. The standard InChI is InChI=1S/C22H26N4O3/c1-16-6-3-4-8-19(16)29-15-20(27)25-12-9-17(10-13-25)14-26-21-18(7-5-11-23-21)24(2)22(26)28/h3-8,11,17H,9-10,12-15H2,1-2H3. The predicted octanol–water partition coefficient (Wildman–Crippen LogP) is 2.36. The molecule has 7 nitrogen and oxygen atoms in total. The summed E-state index contributed by atoms with van der Waals surface area (Å²) in [7, 11) is 1.78. The number of imidazole rings is 1. The molecule has 0 bridgehead atoms. The Morgan fingerprint density at radius 1 is 1.17 bits per heavy atom. The number of fused-ring (bicyclic) bond motifs is 1. The molecular formula is C22H26N4O3. The Morgan fingerprint density at radius 2 is 1.93 bits per heavy atom. The number of likely N-dealkylation sites (tertiary alicyclic amines) is 1. The van der Waals surface area contributed by atoms with Gasteiger partial charge in [0.25, 0.3) is 5.91 Å². The van der Waals surface area contributed by atoms with Gasteiger partial charge in [0.1, 0.15) is 5.75 Å². The average molecular weight is 394 g/mol. The average Bonchev–Trinajstić information content (AvgIpc) is 2.98. The summed E-state index contributed by atoms with van der Waals surface area (Å²) < 4.78 is 9.10. The second-order valence-corrected chi connectivity index (χ2v) is 7.68. The molecule has 0 radical (unpaired) electrons. The molecule has 29 heavy (non-hydrogen) atoms. The number of aromatic nitrogens is 3. The van der Waals surface area contributed by atoms with Gasteiger partial charge in [-0.2, -0.15) is 0 Å². The van der Waals surface area contributed by atoms with Crippen LogP contribution in [0, 0.1) is 12.8 Å². The van der Waals surface area contributed by atoms with Gasteiger partial charge in [-0.15, -0.1) is 0 Å². The molecule has 1 aliphatic rings. The van der Waals surface area contributed by atoms with Gasteiger partial charge in [0.2, 0.25) is 0 Å². The summed E-state index contributed by atoms with van der Waals surface area (Å²) >= 11 is 0. The van der Waals surface area contributed by atoms with Crippen LogP contribution in [0.3, 0.4) is 0 Å². The van der Waals surface area contributed by atoms with Crippen molar-refractivity contribution in [3.63, 3.8) is 0 Å². The van der Waals surface area contributed by atoms with Crippen LogP contribution in [0.2, 0.25) is 0 Å². The Bertz CT molecular complexity index is 1080. The highest BCUT2D eigenvalue weighted by atomic mass is 16.5. The van der Waals surface area contributed by atoms with Gasteiger partial charge in [-0.1, -0.05) is 18.2 Å². The summed E-state index contributed by atoms with van der Waals surface area (Å²) in [6.45, 7) is 4.04. The molecule has 0 saturated carbocycles. The van der Waals surface area contributed by atoms with Crippen molar-refractivity contribution in [3.05, 3.63) is 58.6 Å². The van der Waals surface area contributed by atoms with Gasteiger partial charge in [-0.25, -0.2) is 9.78 Å². The molecule has 0 spiro atoms. The molecule has 1 aromatic carbocycles. The van der Waals surface area contributed by atoms with Crippen molar-refractivity contribution in [3.8, 4) is 5.75 Å². The Kier molecular flexibility index (Phi) is 5.38. The molecule has 0 aliphatic carbocycles. The fourth-order valence-corrected chi connectivity index (χ4v) is 3.97. The second kappa shape index (κ2) is 8.11. The number of ether oxygens (including phenoxy) is 1. The zero-order chi connectivity index (χ0) is 20.4. The number of carbonyl (C=O) groups excluding carboxylic acids is 1. The van der Waals surface area contributed by atoms with Crippen molar-refractivity contribution in [2.75, 3.05) is 19.7 Å². The summed E-state index contributed by atoms with van der Waals surface area (Å²) in [5.74, 6) is 1.11. The topological polar surface area (TPSA) is 69.4 Å². The molecule has 3 heterocycles. The van der Waals surface area contributed by atoms with E-state index < -0.39 is 0 Å². The van der Waals surface area contributed by atoms with Crippen LogP contribution in [0.1, 0.15) is 18.4 Å². The minimum atomic E-state index is -0.0381. The van der Waals surface area contributed by atoms with Gasteiger partial charge in [-0.3, -0.25) is 13.9 Å². The third-order valence-electron chi connectivity index (χ3n) is 5.75. The van der Waals surface area contributed by atoms with Gasteiger partial charge in [0.05, 0.1) is 5.52 Å². The number of benzene rings is 1. The van der Waals surface area contributed by atoms with Crippen molar-refractivity contribution in [1.82, 2.24) is 19.0 Å². The Labute approximate surface area is 169 Å². The molecule has 1 amide bonds. The molecule has 7 heteroatoms. The van der Waals surface area contributed by atoms with Crippen LogP contribution in [0.25, 0.3) is 11.2 Å². The highest BCUT2D eigenvalue weighted by Gasteiger charge is 2.25. The van der Waals surface area contributed by atoms with E-state index in [0.717, 1.165) is 35.3 Å². The third-order valence-corrected chi connectivity index (χ3v) is 5.75. The van der Waals surface area contributed by atoms with Crippen molar-refractivity contribution >= 4 is 17.1 Å². The first-order chi connectivity index (χ1) is 14.0. The Balaban J connectivity index is 1.34. The summed E-state index contributed by atoms with van der Waals surface area (Å²) in [5.41, 5.74) is 2.56. The monoisotopic (exact) mass is 394 g/mol. The van der Waals surface area contributed by atoms with Crippen LogP contribution < -0.4 is 10.4 Å². The van der Waals surface area contributed by atoms with Crippen LogP contribution in [0.15, 0.2) is 47.4 Å². The maximum absolute atomic E-state index is 12.6. The van der Waals surface area contributed by atoms with E-state index in [4.69, 9.17) is 4.74 Å². The molecule has 2 aromatic heterocycles. The first kappa shape index (κ1) is 19.2. The largest absolute Gasteiger partial charge is 0.484 e. The van der Waals surface area contributed by atoms with E-state index in [1.165, 1.54) is 0 Å². The highest BCUT2D eigenvalue weighted by molar-refractivity contribution is 5.78. The minimum Gasteiger partial charge on any atom is -0.484 e.